The molecule has 0 spiro atoms. The second-order valence-corrected chi connectivity index (χ2v) is 7.40. The number of alkyl halides is 2. The maximum Gasteiger partial charge on any atom is 0.272 e. The molecule has 1 aromatic carbocycles. The zero-order chi connectivity index (χ0) is 21.8. The Morgan fingerprint density at radius 2 is 1.93 bits per heavy atom. The van der Waals surface area contributed by atoms with Gasteiger partial charge in [0.2, 0.25) is 11.9 Å². The van der Waals surface area contributed by atoms with Gasteiger partial charge in [0.25, 0.3) is 12.3 Å². The van der Waals surface area contributed by atoms with E-state index in [2.05, 4.69) is 20.6 Å². The van der Waals surface area contributed by atoms with Gasteiger partial charge >= 0.3 is 0 Å². The molecule has 1 unspecified atom stereocenters. The number of nitrogens with one attached hydrogen (secondary N) is 2. The van der Waals surface area contributed by atoms with Crippen LogP contribution in [0.2, 0.25) is 0 Å². The Labute approximate surface area is 173 Å². The van der Waals surface area contributed by atoms with Crippen LogP contribution in [0.25, 0.3) is 0 Å². The number of hydrogen-bond donors (Lipinski definition) is 2. The van der Waals surface area contributed by atoms with E-state index in [-0.39, 0.29) is 29.5 Å². The highest BCUT2D eigenvalue weighted by Gasteiger charge is 2.30. The number of rotatable bonds is 8. The zero-order valence-electron chi connectivity index (χ0n) is 17.0. The van der Waals surface area contributed by atoms with Crippen LogP contribution in [0.15, 0.2) is 24.3 Å². The first-order valence-electron chi connectivity index (χ1n) is 9.72. The van der Waals surface area contributed by atoms with Crippen LogP contribution >= 0.6 is 0 Å². The highest BCUT2D eigenvalue weighted by Crippen LogP contribution is 2.29. The lowest BCUT2D eigenvalue weighted by molar-refractivity contribution is -0.117. The van der Waals surface area contributed by atoms with E-state index in [4.69, 9.17) is 4.74 Å². The molecule has 2 N–H and O–H groups in total. The van der Waals surface area contributed by atoms with Crippen LogP contribution in [0, 0.1) is 19.8 Å². The molecule has 1 fully saturated rings. The quantitative estimate of drug-likeness (QED) is 0.684. The number of ether oxygens (including phenoxy) is 1. The number of aryl methyl sites for hydroxylation is 2. The van der Waals surface area contributed by atoms with Crippen LogP contribution < -0.4 is 15.4 Å². The van der Waals surface area contributed by atoms with Gasteiger partial charge in [-0.1, -0.05) is 12.1 Å². The third-order valence-electron chi connectivity index (χ3n) is 4.68. The van der Waals surface area contributed by atoms with Crippen LogP contribution in [-0.4, -0.2) is 34.8 Å². The first-order chi connectivity index (χ1) is 14.2. The van der Waals surface area contributed by atoms with E-state index in [0.29, 0.717) is 17.0 Å². The van der Waals surface area contributed by atoms with Gasteiger partial charge in [0.05, 0.1) is 6.04 Å². The number of carbonyl (C=O) groups is 2. The van der Waals surface area contributed by atoms with Gasteiger partial charge in [-0.25, -0.2) is 18.7 Å². The Hall–Kier alpha value is -3.10. The smallest absolute Gasteiger partial charge is 0.272 e. The van der Waals surface area contributed by atoms with Crippen molar-refractivity contribution in [1.82, 2.24) is 15.3 Å². The molecule has 0 radical (unpaired) electrons. The van der Waals surface area contributed by atoms with Crippen LogP contribution in [-0.2, 0) is 4.79 Å². The largest absolute Gasteiger partial charge is 0.487 e. The Morgan fingerprint density at radius 3 is 2.57 bits per heavy atom. The van der Waals surface area contributed by atoms with Crippen LogP contribution in [0.3, 0.4) is 0 Å². The molecule has 1 heterocycles. The van der Waals surface area contributed by atoms with E-state index in [9.17, 15) is 18.4 Å². The summed E-state index contributed by atoms with van der Waals surface area (Å²) in [5.74, 6) is -0.0565. The summed E-state index contributed by atoms with van der Waals surface area (Å²) in [5, 5.41) is 5.50. The lowest BCUT2D eigenvalue weighted by Crippen LogP contribution is -2.28. The van der Waals surface area contributed by atoms with E-state index >= 15 is 0 Å². The summed E-state index contributed by atoms with van der Waals surface area (Å²) in [6.07, 6.45) is -0.834. The maximum atomic E-state index is 12.7. The second-order valence-electron chi connectivity index (χ2n) is 7.40. The number of amides is 2. The average molecular weight is 418 g/mol. The molecule has 0 bridgehead atoms. The Morgan fingerprint density at radius 1 is 1.20 bits per heavy atom. The van der Waals surface area contributed by atoms with Crippen molar-refractivity contribution in [2.75, 3.05) is 11.9 Å². The van der Waals surface area contributed by atoms with E-state index in [1.807, 2.05) is 0 Å². The number of hydrogen-bond acceptors (Lipinski definition) is 5. The number of benzene rings is 1. The summed E-state index contributed by atoms with van der Waals surface area (Å²) >= 11 is 0. The molecule has 9 heteroatoms. The summed E-state index contributed by atoms with van der Waals surface area (Å²) in [7, 11) is 0. The third kappa shape index (κ3) is 5.71. The molecular formula is C21H24F2N4O3. The topological polar surface area (TPSA) is 93.2 Å². The molecule has 0 saturated heterocycles. The first-order valence-corrected chi connectivity index (χ1v) is 9.72. The van der Waals surface area contributed by atoms with Crippen molar-refractivity contribution in [2.24, 2.45) is 5.92 Å². The number of halogens is 2. The summed E-state index contributed by atoms with van der Waals surface area (Å²) < 4.78 is 29.7. The van der Waals surface area contributed by atoms with Gasteiger partial charge in [0, 0.05) is 11.6 Å². The molecule has 2 amide bonds. The van der Waals surface area contributed by atoms with Crippen LogP contribution in [0.5, 0.6) is 5.75 Å². The Balaban J connectivity index is 1.67. The predicted molar refractivity (Wildman–Crippen MR) is 107 cm³/mol. The van der Waals surface area contributed by atoms with Crippen molar-refractivity contribution in [1.29, 1.82) is 0 Å². The van der Waals surface area contributed by atoms with Gasteiger partial charge in [-0.3, -0.25) is 14.9 Å². The van der Waals surface area contributed by atoms with Crippen molar-refractivity contribution in [3.05, 3.63) is 46.8 Å². The predicted octanol–water partition coefficient (Wildman–Crippen LogP) is 3.58. The number of aromatic nitrogens is 2. The summed E-state index contributed by atoms with van der Waals surface area (Å²) in [4.78, 5) is 32.9. The fourth-order valence-electron chi connectivity index (χ4n) is 2.91. The van der Waals surface area contributed by atoms with Gasteiger partial charge in [-0.05, 0) is 56.9 Å². The molecule has 1 aliphatic rings. The molecule has 2 aromatic rings. The highest BCUT2D eigenvalue weighted by molar-refractivity contribution is 5.95. The monoisotopic (exact) mass is 418 g/mol. The molecule has 3 rings (SSSR count). The minimum atomic E-state index is -2.54. The lowest BCUT2D eigenvalue weighted by Gasteiger charge is -2.17. The summed E-state index contributed by atoms with van der Waals surface area (Å²) in [5.41, 5.74) is 2.19. The molecule has 1 aliphatic carbocycles. The molecule has 1 atom stereocenters. The zero-order valence-corrected chi connectivity index (χ0v) is 17.0. The Kier molecular flexibility index (Phi) is 6.59. The standard InChI is InChI=1S/C21H24F2N4O3/c1-11-8-15(6-7-17(11)30-10-18(22)23)13(3)25-20(29)16-9-12(2)24-21(26-16)27-19(28)14-4-5-14/h6-9,13-14,18H,4-5,10H2,1-3H3,(H,25,29)(H,24,26,27,28). The fourth-order valence-corrected chi connectivity index (χ4v) is 2.91. The van der Waals surface area contributed by atoms with Crippen LogP contribution in [0.1, 0.15) is 53.1 Å². The summed E-state index contributed by atoms with van der Waals surface area (Å²) in [6.45, 7) is 4.60. The average Bonchev–Trinajstić information content (AvgIpc) is 3.51. The van der Waals surface area contributed by atoms with Gasteiger partial charge in [0.1, 0.15) is 18.1 Å². The third-order valence-corrected chi connectivity index (χ3v) is 4.68. The first kappa shape index (κ1) is 21.6. The summed E-state index contributed by atoms with van der Waals surface area (Å²) in [6, 6.07) is 6.28. The van der Waals surface area contributed by atoms with Gasteiger partial charge in [0.15, 0.2) is 0 Å². The molecule has 160 valence electrons. The van der Waals surface area contributed by atoms with Gasteiger partial charge < -0.3 is 10.1 Å². The van der Waals surface area contributed by atoms with E-state index < -0.39 is 18.9 Å². The minimum absolute atomic E-state index is 0.00213. The second kappa shape index (κ2) is 9.15. The van der Waals surface area contributed by atoms with E-state index in [0.717, 1.165) is 18.4 Å². The number of nitrogens with zero attached hydrogens (tertiary/aromatic N) is 2. The Bertz CT molecular complexity index is 948. The van der Waals surface area contributed by atoms with Crippen LogP contribution in [0.4, 0.5) is 14.7 Å². The maximum absolute atomic E-state index is 12.7. The molecule has 7 nitrogen and oxygen atoms in total. The lowest BCUT2D eigenvalue weighted by atomic mass is 10.0. The molecule has 0 aliphatic heterocycles. The van der Waals surface area contributed by atoms with Crippen molar-refractivity contribution in [3.63, 3.8) is 0 Å². The molecule has 1 aromatic heterocycles. The van der Waals surface area contributed by atoms with E-state index in [1.165, 1.54) is 0 Å². The van der Waals surface area contributed by atoms with Crippen molar-refractivity contribution >= 4 is 17.8 Å². The fraction of sp³-hybridized carbons (Fsp3) is 0.429. The molecular weight excluding hydrogens is 394 g/mol. The van der Waals surface area contributed by atoms with E-state index in [1.54, 1.807) is 45.0 Å². The molecule has 30 heavy (non-hydrogen) atoms. The van der Waals surface area contributed by atoms with Gasteiger partial charge in [-0.2, -0.15) is 0 Å². The SMILES string of the molecule is Cc1cc(C(=O)NC(C)c2ccc(OCC(F)F)c(C)c2)nc(NC(=O)C2CC2)n1. The number of carbonyl (C=O) groups excluding carboxylic acids is 2. The normalized spacial score (nSPS) is 14.3. The van der Waals surface area contributed by atoms with Crippen molar-refractivity contribution in [2.45, 2.75) is 46.1 Å². The minimum Gasteiger partial charge on any atom is -0.487 e. The molecule has 1 saturated carbocycles. The van der Waals surface area contributed by atoms with Gasteiger partial charge in [-0.15, -0.1) is 0 Å². The van der Waals surface area contributed by atoms with Crippen molar-refractivity contribution < 1.29 is 23.1 Å². The highest BCUT2D eigenvalue weighted by atomic mass is 19.3. The van der Waals surface area contributed by atoms with Crippen molar-refractivity contribution in [3.8, 4) is 5.75 Å². The number of anilines is 1.